The zero-order chi connectivity index (χ0) is 13.9. The first kappa shape index (κ1) is 12.7. The molecule has 1 fully saturated rings. The van der Waals surface area contributed by atoms with Crippen LogP contribution >= 0.6 is 0 Å². The Morgan fingerprint density at radius 1 is 1.15 bits per heavy atom. The predicted molar refractivity (Wildman–Crippen MR) is 73.9 cm³/mol. The highest BCUT2D eigenvalue weighted by molar-refractivity contribution is 5.89. The van der Waals surface area contributed by atoms with Crippen LogP contribution in [0.25, 0.3) is 0 Å². The van der Waals surface area contributed by atoms with Crippen LogP contribution in [0, 0.1) is 5.82 Å². The normalized spacial score (nSPS) is 13.8. The third kappa shape index (κ3) is 2.79. The highest BCUT2D eigenvalue weighted by Gasteiger charge is 2.26. The molecule has 1 saturated carbocycles. The van der Waals surface area contributed by atoms with Crippen LogP contribution in [-0.2, 0) is 4.84 Å². The van der Waals surface area contributed by atoms with E-state index in [0.29, 0.717) is 22.7 Å². The third-order valence-electron chi connectivity index (χ3n) is 3.28. The summed E-state index contributed by atoms with van der Waals surface area (Å²) in [5.41, 5.74) is 4.31. The molecule has 3 nitrogen and oxygen atoms in total. The van der Waals surface area contributed by atoms with Crippen molar-refractivity contribution in [2.75, 3.05) is 5.48 Å². The van der Waals surface area contributed by atoms with Crippen LogP contribution in [-0.4, -0.2) is 5.97 Å². The number of hydrogen-bond donors (Lipinski definition) is 1. The van der Waals surface area contributed by atoms with Gasteiger partial charge in [0.25, 0.3) is 0 Å². The molecule has 2 aromatic carbocycles. The van der Waals surface area contributed by atoms with Crippen LogP contribution in [0.3, 0.4) is 0 Å². The lowest BCUT2D eigenvalue weighted by atomic mass is 10.1. The highest BCUT2D eigenvalue weighted by atomic mass is 19.1. The van der Waals surface area contributed by atoms with Crippen molar-refractivity contribution in [3.05, 3.63) is 65.5 Å². The standard InChI is InChI=1S/C16H14FNO2/c17-15-9-8-13(10-14(15)11-6-7-11)18-20-16(19)12-4-2-1-3-5-12/h1-5,8-11,18H,6-7H2. The van der Waals surface area contributed by atoms with Crippen molar-refractivity contribution in [3.8, 4) is 0 Å². The first-order valence-electron chi connectivity index (χ1n) is 6.56. The maximum atomic E-state index is 13.6. The molecule has 1 aliphatic carbocycles. The summed E-state index contributed by atoms with van der Waals surface area (Å²) >= 11 is 0. The molecule has 1 N–H and O–H groups in total. The Morgan fingerprint density at radius 2 is 1.90 bits per heavy atom. The van der Waals surface area contributed by atoms with Gasteiger partial charge in [0.05, 0.1) is 11.3 Å². The maximum absolute atomic E-state index is 13.6. The molecule has 1 aliphatic rings. The van der Waals surface area contributed by atoms with Crippen LogP contribution in [0.15, 0.2) is 48.5 Å². The molecular formula is C16H14FNO2. The fourth-order valence-electron chi connectivity index (χ4n) is 2.05. The Kier molecular flexibility index (Phi) is 3.37. The minimum atomic E-state index is -0.470. The molecule has 0 spiro atoms. The van der Waals surface area contributed by atoms with Gasteiger partial charge >= 0.3 is 5.97 Å². The lowest BCUT2D eigenvalue weighted by Gasteiger charge is -2.09. The molecule has 0 aliphatic heterocycles. The van der Waals surface area contributed by atoms with E-state index < -0.39 is 5.97 Å². The number of hydrogen-bond acceptors (Lipinski definition) is 3. The van der Waals surface area contributed by atoms with Crippen molar-refractivity contribution in [1.82, 2.24) is 0 Å². The number of carbonyl (C=O) groups excluding carboxylic acids is 1. The topological polar surface area (TPSA) is 38.3 Å². The van der Waals surface area contributed by atoms with E-state index in [2.05, 4.69) is 5.48 Å². The smallest absolute Gasteiger partial charge is 0.338 e. The van der Waals surface area contributed by atoms with E-state index in [1.165, 1.54) is 6.07 Å². The maximum Gasteiger partial charge on any atom is 0.362 e. The molecule has 0 aromatic heterocycles. The van der Waals surface area contributed by atoms with E-state index in [1.54, 1.807) is 36.4 Å². The Labute approximate surface area is 116 Å². The summed E-state index contributed by atoms with van der Waals surface area (Å²) in [6.07, 6.45) is 2.04. The van der Waals surface area contributed by atoms with Crippen molar-refractivity contribution in [2.24, 2.45) is 0 Å². The van der Waals surface area contributed by atoms with Crippen LogP contribution in [0.5, 0.6) is 0 Å². The summed E-state index contributed by atoms with van der Waals surface area (Å²) < 4.78 is 13.6. The predicted octanol–water partition coefficient (Wildman–Crippen LogP) is 3.89. The SMILES string of the molecule is O=C(ONc1ccc(F)c(C2CC2)c1)c1ccccc1. The fraction of sp³-hybridized carbons (Fsp3) is 0.188. The van der Waals surface area contributed by atoms with Gasteiger partial charge in [0.15, 0.2) is 0 Å². The quantitative estimate of drug-likeness (QED) is 0.857. The second-order valence-corrected chi connectivity index (χ2v) is 4.87. The van der Waals surface area contributed by atoms with Crippen molar-refractivity contribution >= 4 is 11.7 Å². The Hall–Kier alpha value is -2.36. The molecular weight excluding hydrogens is 257 g/mol. The molecule has 0 heterocycles. The second-order valence-electron chi connectivity index (χ2n) is 4.87. The molecule has 0 atom stereocenters. The van der Waals surface area contributed by atoms with Crippen molar-refractivity contribution in [2.45, 2.75) is 18.8 Å². The van der Waals surface area contributed by atoms with Gasteiger partial charge in [-0.1, -0.05) is 18.2 Å². The van der Waals surface area contributed by atoms with Gasteiger partial charge in [0.1, 0.15) is 5.82 Å². The summed E-state index contributed by atoms with van der Waals surface area (Å²) in [7, 11) is 0. The molecule has 0 saturated heterocycles. The minimum Gasteiger partial charge on any atom is -0.338 e. The average Bonchev–Trinajstić information content (AvgIpc) is 3.31. The van der Waals surface area contributed by atoms with Crippen LogP contribution in [0.2, 0.25) is 0 Å². The van der Waals surface area contributed by atoms with Gasteiger partial charge in [-0.2, -0.15) is 0 Å². The zero-order valence-electron chi connectivity index (χ0n) is 10.8. The molecule has 0 unspecified atom stereocenters. The van der Waals surface area contributed by atoms with E-state index >= 15 is 0 Å². The third-order valence-corrected chi connectivity index (χ3v) is 3.28. The summed E-state index contributed by atoms with van der Waals surface area (Å²) in [5, 5.41) is 0. The van der Waals surface area contributed by atoms with Crippen LogP contribution in [0.1, 0.15) is 34.7 Å². The van der Waals surface area contributed by atoms with Gasteiger partial charge in [-0.25, -0.2) is 14.7 Å². The van der Waals surface area contributed by atoms with Crippen molar-refractivity contribution in [3.63, 3.8) is 0 Å². The van der Waals surface area contributed by atoms with Crippen molar-refractivity contribution in [1.29, 1.82) is 0 Å². The van der Waals surface area contributed by atoms with E-state index in [9.17, 15) is 9.18 Å². The summed E-state index contributed by atoms with van der Waals surface area (Å²) in [5.74, 6) is -0.364. The summed E-state index contributed by atoms with van der Waals surface area (Å²) in [6, 6.07) is 13.3. The number of carbonyl (C=O) groups is 1. The van der Waals surface area contributed by atoms with E-state index in [1.807, 2.05) is 6.07 Å². The number of halogens is 1. The van der Waals surface area contributed by atoms with Crippen molar-refractivity contribution < 1.29 is 14.0 Å². The summed E-state index contributed by atoms with van der Waals surface area (Å²) in [6.45, 7) is 0. The molecule has 102 valence electrons. The van der Waals surface area contributed by atoms with Gasteiger partial charge in [0, 0.05) is 0 Å². The number of anilines is 1. The number of nitrogens with one attached hydrogen (secondary N) is 1. The molecule has 20 heavy (non-hydrogen) atoms. The van der Waals surface area contributed by atoms with Gasteiger partial charge < -0.3 is 4.84 Å². The Morgan fingerprint density at radius 3 is 2.60 bits per heavy atom. The lowest BCUT2D eigenvalue weighted by molar-refractivity contribution is 0.0596. The molecule has 4 heteroatoms. The van der Waals surface area contributed by atoms with E-state index in [4.69, 9.17) is 4.84 Å². The van der Waals surface area contributed by atoms with Gasteiger partial charge in [-0.3, -0.25) is 0 Å². The van der Waals surface area contributed by atoms with Gasteiger partial charge in [-0.05, 0) is 54.7 Å². The fourth-order valence-corrected chi connectivity index (χ4v) is 2.05. The molecule has 0 radical (unpaired) electrons. The van der Waals surface area contributed by atoms with Gasteiger partial charge in [-0.15, -0.1) is 0 Å². The lowest BCUT2D eigenvalue weighted by Crippen LogP contribution is -2.10. The van der Waals surface area contributed by atoms with E-state index in [-0.39, 0.29) is 5.82 Å². The second kappa shape index (κ2) is 5.33. The molecule has 3 rings (SSSR count). The Bertz CT molecular complexity index is 624. The molecule has 0 bridgehead atoms. The van der Waals surface area contributed by atoms with Crippen LogP contribution in [0.4, 0.5) is 10.1 Å². The number of rotatable bonds is 4. The molecule has 2 aromatic rings. The zero-order valence-corrected chi connectivity index (χ0v) is 10.8. The van der Waals surface area contributed by atoms with E-state index in [0.717, 1.165) is 12.8 Å². The van der Waals surface area contributed by atoms with Crippen LogP contribution < -0.4 is 5.48 Å². The first-order valence-corrected chi connectivity index (χ1v) is 6.56. The Balaban J connectivity index is 1.66. The molecule has 0 amide bonds. The average molecular weight is 271 g/mol. The summed E-state index contributed by atoms with van der Waals surface area (Å²) in [4.78, 5) is 16.8. The number of benzene rings is 2. The van der Waals surface area contributed by atoms with Gasteiger partial charge in [0.2, 0.25) is 0 Å². The first-order chi connectivity index (χ1) is 9.74. The highest BCUT2D eigenvalue weighted by Crippen LogP contribution is 2.42. The largest absolute Gasteiger partial charge is 0.362 e. The minimum absolute atomic E-state index is 0.201. The monoisotopic (exact) mass is 271 g/mol.